The van der Waals surface area contributed by atoms with E-state index in [0.717, 1.165) is 11.1 Å². The lowest BCUT2D eigenvalue weighted by Gasteiger charge is -2.10. The topological polar surface area (TPSA) is 70.0 Å². The van der Waals surface area contributed by atoms with Gasteiger partial charge in [0.2, 0.25) is 5.91 Å². The van der Waals surface area contributed by atoms with Gasteiger partial charge in [-0.3, -0.25) is 9.59 Å². The van der Waals surface area contributed by atoms with Crippen molar-refractivity contribution in [2.24, 2.45) is 0 Å². The summed E-state index contributed by atoms with van der Waals surface area (Å²) in [6.45, 7) is 3.97. The van der Waals surface area contributed by atoms with E-state index in [-0.39, 0.29) is 24.5 Å². The van der Waals surface area contributed by atoms with Crippen LogP contribution in [0.2, 0.25) is 5.02 Å². The second-order valence-electron chi connectivity index (χ2n) is 5.93. The Hall–Kier alpha value is -2.64. The number of amides is 1. The molecule has 0 aliphatic carbocycles. The first-order chi connectivity index (χ1) is 11.9. The summed E-state index contributed by atoms with van der Waals surface area (Å²) in [5.74, 6) is -1.41. The van der Waals surface area contributed by atoms with Crippen molar-refractivity contribution in [2.45, 2.75) is 32.6 Å². The molecule has 25 heavy (non-hydrogen) atoms. The highest BCUT2D eigenvalue weighted by Gasteiger charge is 2.20. The van der Waals surface area contributed by atoms with Crippen LogP contribution in [0, 0.1) is 25.2 Å². The Morgan fingerprint density at radius 2 is 1.76 bits per heavy atom. The van der Waals surface area contributed by atoms with E-state index in [1.807, 2.05) is 38.1 Å². The van der Waals surface area contributed by atoms with Gasteiger partial charge in [-0.15, -0.1) is 0 Å². The summed E-state index contributed by atoms with van der Waals surface area (Å²) >= 11 is 5.82. The molecule has 5 heteroatoms. The number of anilines is 1. The molecule has 0 spiro atoms. The number of carbonyl (C=O) groups is 2. The lowest BCUT2D eigenvalue weighted by Crippen LogP contribution is -2.16. The van der Waals surface area contributed by atoms with Crippen LogP contribution in [-0.4, -0.2) is 11.7 Å². The largest absolute Gasteiger partial charge is 0.326 e. The average Bonchev–Trinajstić information content (AvgIpc) is 2.58. The van der Waals surface area contributed by atoms with Crippen LogP contribution in [0.5, 0.6) is 0 Å². The molecule has 1 amide bonds. The average molecular weight is 355 g/mol. The van der Waals surface area contributed by atoms with Gasteiger partial charge in [0, 0.05) is 23.6 Å². The molecule has 0 saturated carbocycles. The van der Waals surface area contributed by atoms with Crippen molar-refractivity contribution in [3.8, 4) is 6.07 Å². The molecule has 0 radical (unpaired) electrons. The molecular formula is C20H19ClN2O2. The van der Waals surface area contributed by atoms with Gasteiger partial charge in [0.25, 0.3) is 0 Å². The number of aryl methyl sites for hydroxylation is 2. The molecule has 2 rings (SSSR count). The van der Waals surface area contributed by atoms with Crippen LogP contribution in [0.4, 0.5) is 5.69 Å². The fourth-order valence-electron chi connectivity index (χ4n) is 2.41. The Kier molecular flexibility index (Phi) is 6.32. The Bertz CT molecular complexity index is 823. The Morgan fingerprint density at radius 3 is 2.36 bits per heavy atom. The maximum atomic E-state index is 12.3. The van der Waals surface area contributed by atoms with Crippen molar-refractivity contribution in [3.63, 3.8) is 0 Å². The van der Waals surface area contributed by atoms with Crippen molar-refractivity contribution in [3.05, 3.63) is 64.2 Å². The van der Waals surface area contributed by atoms with Crippen LogP contribution < -0.4 is 5.32 Å². The molecule has 4 nitrogen and oxygen atoms in total. The van der Waals surface area contributed by atoms with E-state index in [9.17, 15) is 14.9 Å². The minimum atomic E-state index is -0.883. The van der Waals surface area contributed by atoms with Gasteiger partial charge in [0.15, 0.2) is 5.78 Å². The zero-order valence-electron chi connectivity index (χ0n) is 14.2. The number of halogens is 1. The lowest BCUT2D eigenvalue weighted by atomic mass is 9.93. The first kappa shape index (κ1) is 18.7. The fraction of sp³-hybridized carbons (Fsp3) is 0.250. The number of hydrogen-bond donors (Lipinski definition) is 1. The summed E-state index contributed by atoms with van der Waals surface area (Å²) in [6.07, 6.45) is 0.0507. The minimum absolute atomic E-state index is 0.0114. The molecule has 0 fully saturated rings. The van der Waals surface area contributed by atoms with Crippen LogP contribution in [0.3, 0.4) is 0 Å². The number of Topliss-reactive ketones (excluding diaryl/α,β-unsaturated/α-hetero) is 1. The molecule has 0 heterocycles. The minimum Gasteiger partial charge on any atom is -0.326 e. The zero-order valence-corrected chi connectivity index (χ0v) is 14.9. The van der Waals surface area contributed by atoms with Crippen LogP contribution in [0.25, 0.3) is 0 Å². The number of carbonyl (C=O) groups excluding carboxylic acids is 2. The van der Waals surface area contributed by atoms with Gasteiger partial charge in [-0.25, -0.2) is 0 Å². The highest BCUT2D eigenvalue weighted by Crippen LogP contribution is 2.21. The molecule has 0 aromatic heterocycles. The molecule has 0 bridgehead atoms. The maximum absolute atomic E-state index is 12.3. The van der Waals surface area contributed by atoms with Crippen LogP contribution in [0.15, 0.2) is 42.5 Å². The fourth-order valence-corrected chi connectivity index (χ4v) is 2.54. The molecule has 0 saturated heterocycles. The smallest absolute Gasteiger partial charge is 0.224 e. The summed E-state index contributed by atoms with van der Waals surface area (Å²) in [5.41, 5.74) is 3.52. The Labute approximate surface area is 152 Å². The van der Waals surface area contributed by atoms with E-state index in [0.29, 0.717) is 16.3 Å². The molecule has 0 aliphatic heterocycles. The van der Waals surface area contributed by atoms with Gasteiger partial charge in [-0.1, -0.05) is 29.8 Å². The second kappa shape index (κ2) is 8.46. The van der Waals surface area contributed by atoms with Gasteiger partial charge >= 0.3 is 0 Å². The summed E-state index contributed by atoms with van der Waals surface area (Å²) in [7, 11) is 0. The predicted octanol–water partition coefficient (Wildman–Crippen LogP) is 4.55. The second-order valence-corrected chi connectivity index (χ2v) is 6.36. The summed E-state index contributed by atoms with van der Waals surface area (Å²) in [6, 6.07) is 14.2. The van der Waals surface area contributed by atoms with E-state index < -0.39 is 5.92 Å². The number of ketones is 1. The molecule has 2 aromatic carbocycles. The number of nitriles is 1. The van der Waals surface area contributed by atoms with E-state index in [4.69, 9.17) is 11.6 Å². The third kappa shape index (κ3) is 5.17. The third-order valence-corrected chi connectivity index (χ3v) is 4.30. The molecule has 128 valence electrons. The van der Waals surface area contributed by atoms with Gasteiger partial charge in [0.05, 0.1) is 6.07 Å². The van der Waals surface area contributed by atoms with E-state index in [1.54, 1.807) is 24.3 Å². The van der Waals surface area contributed by atoms with Gasteiger partial charge in [-0.2, -0.15) is 5.26 Å². The summed E-state index contributed by atoms with van der Waals surface area (Å²) < 4.78 is 0. The monoisotopic (exact) mass is 354 g/mol. The normalized spacial score (nSPS) is 11.4. The van der Waals surface area contributed by atoms with E-state index >= 15 is 0 Å². The number of nitrogens with zero attached hydrogens (tertiary/aromatic N) is 1. The van der Waals surface area contributed by atoms with E-state index in [2.05, 4.69) is 5.32 Å². The maximum Gasteiger partial charge on any atom is 0.224 e. The quantitative estimate of drug-likeness (QED) is 0.827. The lowest BCUT2D eigenvalue weighted by molar-refractivity contribution is -0.123. The van der Waals surface area contributed by atoms with Crippen molar-refractivity contribution >= 4 is 29.0 Å². The number of rotatable bonds is 6. The molecule has 0 unspecified atom stereocenters. The van der Waals surface area contributed by atoms with Gasteiger partial charge in [-0.05, 0) is 54.8 Å². The van der Waals surface area contributed by atoms with Crippen molar-refractivity contribution < 1.29 is 9.59 Å². The van der Waals surface area contributed by atoms with Crippen LogP contribution >= 0.6 is 11.6 Å². The molecular weight excluding hydrogens is 336 g/mol. The first-order valence-corrected chi connectivity index (χ1v) is 8.33. The summed E-state index contributed by atoms with van der Waals surface area (Å²) in [4.78, 5) is 24.3. The van der Waals surface area contributed by atoms with Crippen LogP contribution in [-0.2, 0) is 9.59 Å². The first-order valence-electron chi connectivity index (χ1n) is 7.95. The number of nitrogens with one attached hydrogen (secondary N) is 1. The molecule has 2 aromatic rings. The van der Waals surface area contributed by atoms with Gasteiger partial charge in [0.1, 0.15) is 5.92 Å². The van der Waals surface area contributed by atoms with E-state index in [1.165, 1.54) is 0 Å². The number of hydrogen-bond acceptors (Lipinski definition) is 3. The van der Waals surface area contributed by atoms with Crippen LogP contribution in [0.1, 0.15) is 35.4 Å². The Balaban J connectivity index is 1.93. The summed E-state index contributed by atoms with van der Waals surface area (Å²) in [5, 5.41) is 12.6. The predicted molar refractivity (Wildman–Crippen MR) is 98.6 cm³/mol. The molecule has 0 aliphatic rings. The highest BCUT2D eigenvalue weighted by atomic mass is 35.5. The van der Waals surface area contributed by atoms with Crippen molar-refractivity contribution in [2.75, 3.05) is 5.32 Å². The SMILES string of the molecule is Cc1ccc(NC(=O)CCC(=O)[C@@H](C#N)c2ccc(Cl)cc2)cc1C. The van der Waals surface area contributed by atoms with Crippen molar-refractivity contribution in [1.82, 2.24) is 0 Å². The number of benzene rings is 2. The highest BCUT2D eigenvalue weighted by molar-refractivity contribution is 6.30. The van der Waals surface area contributed by atoms with Gasteiger partial charge < -0.3 is 5.32 Å². The molecule has 1 N–H and O–H groups in total. The Morgan fingerprint density at radius 1 is 1.08 bits per heavy atom. The van der Waals surface area contributed by atoms with Crippen molar-refractivity contribution in [1.29, 1.82) is 5.26 Å². The standard InChI is InChI=1S/C20H19ClN2O2/c1-13-3-8-17(11-14(13)2)23-20(25)10-9-19(24)18(12-22)15-4-6-16(21)7-5-15/h3-8,11,18H,9-10H2,1-2H3,(H,23,25)/t18-/m0/s1. The third-order valence-electron chi connectivity index (χ3n) is 4.04. The zero-order chi connectivity index (χ0) is 18.4. The molecule has 1 atom stereocenters.